The summed E-state index contributed by atoms with van der Waals surface area (Å²) in [5.41, 5.74) is 0.602. The Morgan fingerprint density at radius 1 is 1.30 bits per heavy atom. The Hall–Kier alpha value is -1.49. The SMILES string of the molecule is CCc1ncc(C(=O)N2CCCC(N(C)C)CC2)cn1. The fourth-order valence-electron chi connectivity index (χ4n) is 2.63. The molecule has 1 amide bonds. The van der Waals surface area contributed by atoms with Crippen LogP contribution in [0.4, 0.5) is 0 Å². The van der Waals surface area contributed by atoms with Crippen LogP contribution >= 0.6 is 0 Å². The zero-order valence-electron chi connectivity index (χ0n) is 12.7. The molecule has 1 saturated heterocycles. The molecule has 0 saturated carbocycles. The largest absolute Gasteiger partial charge is 0.338 e. The summed E-state index contributed by atoms with van der Waals surface area (Å²) in [5, 5.41) is 0. The van der Waals surface area contributed by atoms with Gasteiger partial charge in [-0.25, -0.2) is 9.97 Å². The van der Waals surface area contributed by atoms with Gasteiger partial charge in [0.15, 0.2) is 0 Å². The zero-order valence-corrected chi connectivity index (χ0v) is 12.7. The van der Waals surface area contributed by atoms with Crippen LogP contribution in [0.2, 0.25) is 0 Å². The number of nitrogens with zero attached hydrogens (tertiary/aromatic N) is 4. The molecule has 0 aliphatic carbocycles. The first-order valence-corrected chi connectivity index (χ1v) is 7.38. The summed E-state index contributed by atoms with van der Waals surface area (Å²) in [6, 6.07) is 0.575. The minimum atomic E-state index is 0.0621. The standard InChI is InChI=1S/C15H24N4O/c1-4-14-16-10-12(11-17-14)15(20)19-8-5-6-13(7-9-19)18(2)3/h10-11,13H,4-9H2,1-3H3. The lowest BCUT2D eigenvalue weighted by Gasteiger charge is -2.23. The summed E-state index contributed by atoms with van der Waals surface area (Å²) in [5.74, 6) is 0.845. The third-order valence-electron chi connectivity index (χ3n) is 3.98. The molecule has 5 heteroatoms. The van der Waals surface area contributed by atoms with Crippen molar-refractivity contribution in [2.24, 2.45) is 0 Å². The number of rotatable bonds is 3. The predicted octanol–water partition coefficient (Wildman–Crippen LogP) is 1.60. The Labute approximate surface area is 121 Å². The molecule has 0 N–H and O–H groups in total. The van der Waals surface area contributed by atoms with Crippen LogP contribution in [0.15, 0.2) is 12.4 Å². The molecule has 1 aliphatic rings. The molecule has 0 spiro atoms. The number of amides is 1. The first-order chi connectivity index (χ1) is 9.61. The van der Waals surface area contributed by atoms with Gasteiger partial charge in [-0.05, 0) is 33.4 Å². The predicted molar refractivity (Wildman–Crippen MR) is 78.6 cm³/mol. The normalized spacial score (nSPS) is 20.0. The number of hydrogen-bond acceptors (Lipinski definition) is 4. The summed E-state index contributed by atoms with van der Waals surface area (Å²) >= 11 is 0. The molecular weight excluding hydrogens is 252 g/mol. The molecule has 2 rings (SSSR count). The van der Waals surface area contributed by atoms with Crippen molar-refractivity contribution in [1.82, 2.24) is 19.8 Å². The molecule has 2 heterocycles. The van der Waals surface area contributed by atoms with Gasteiger partial charge in [0.05, 0.1) is 5.56 Å². The monoisotopic (exact) mass is 276 g/mol. The second kappa shape index (κ2) is 6.79. The van der Waals surface area contributed by atoms with Gasteiger partial charge in [-0.3, -0.25) is 4.79 Å². The Morgan fingerprint density at radius 2 is 2.00 bits per heavy atom. The van der Waals surface area contributed by atoms with E-state index in [-0.39, 0.29) is 5.91 Å². The first-order valence-electron chi connectivity index (χ1n) is 7.38. The van der Waals surface area contributed by atoms with Crippen molar-refractivity contribution in [2.45, 2.75) is 38.6 Å². The van der Waals surface area contributed by atoms with Gasteiger partial charge < -0.3 is 9.80 Å². The van der Waals surface area contributed by atoms with Crippen LogP contribution in [0.25, 0.3) is 0 Å². The number of carbonyl (C=O) groups is 1. The molecule has 1 unspecified atom stereocenters. The van der Waals surface area contributed by atoms with E-state index in [1.807, 2.05) is 11.8 Å². The van der Waals surface area contributed by atoms with E-state index >= 15 is 0 Å². The fraction of sp³-hybridized carbons (Fsp3) is 0.667. The van der Waals surface area contributed by atoms with Crippen LogP contribution in [-0.2, 0) is 6.42 Å². The first kappa shape index (κ1) is 14.9. The average Bonchev–Trinajstić information content (AvgIpc) is 2.72. The number of aromatic nitrogens is 2. The summed E-state index contributed by atoms with van der Waals surface area (Å²) in [7, 11) is 4.22. The molecule has 1 aromatic rings. The van der Waals surface area contributed by atoms with Crippen molar-refractivity contribution in [3.05, 3.63) is 23.8 Å². The number of hydrogen-bond donors (Lipinski definition) is 0. The van der Waals surface area contributed by atoms with E-state index in [0.717, 1.165) is 44.6 Å². The van der Waals surface area contributed by atoms with Crippen molar-refractivity contribution in [3.8, 4) is 0 Å². The van der Waals surface area contributed by atoms with Gasteiger partial charge in [0.2, 0.25) is 0 Å². The summed E-state index contributed by atoms with van der Waals surface area (Å²) in [6.07, 6.45) is 7.35. The molecule has 5 nitrogen and oxygen atoms in total. The van der Waals surface area contributed by atoms with Gasteiger partial charge in [0, 0.05) is 37.9 Å². The van der Waals surface area contributed by atoms with E-state index in [4.69, 9.17) is 0 Å². The maximum Gasteiger partial charge on any atom is 0.256 e. The lowest BCUT2D eigenvalue weighted by atomic mass is 10.1. The lowest BCUT2D eigenvalue weighted by molar-refractivity contribution is 0.0757. The summed E-state index contributed by atoms with van der Waals surface area (Å²) < 4.78 is 0. The van der Waals surface area contributed by atoms with E-state index in [1.165, 1.54) is 0 Å². The molecule has 1 fully saturated rings. The van der Waals surface area contributed by atoms with Crippen molar-refractivity contribution in [1.29, 1.82) is 0 Å². The van der Waals surface area contributed by atoms with E-state index in [0.29, 0.717) is 11.6 Å². The Kier molecular flexibility index (Phi) is 5.06. The molecule has 0 aromatic carbocycles. The van der Waals surface area contributed by atoms with Crippen LogP contribution in [0.3, 0.4) is 0 Å². The van der Waals surface area contributed by atoms with E-state index in [9.17, 15) is 4.79 Å². The van der Waals surface area contributed by atoms with Crippen LogP contribution < -0.4 is 0 Å². The molecular formula is C15H24N4O. The quantitative estimate of drug-likeness (QED) is 0.841. The average molecular weight is 276 g/mol. The highest BCUT2D eigenvalue weighted by Gasteiger charge is 2.22. The highest BCUT2D eigenvalue weighted by Crippen LogP contribution is 2.16. The van der Waals surface area contributed by atoms with Crippen LogP contribution in [0, 0.1) is 0 Å². The summed E-state index contributed by atoms with van der Waals surface area (Å²) in [6.45, 7) is 3.66. The molecule has 20 heavy (non-hydrogen) atoms. The van der Waals surface area contributed by atoms with Gasteiger partial charge in [0.25, 0.3) is 5.91 Å². The van der Waals surface area contributed by atoms with Gasteiger partial charge in [-0.15, -0.1) is 0 Å². The highest BCUT2D eigenvalue weighted by molar-refractivity contribution is 5.93. The number of aryl methyl sites for hydroxylation is 1. The summed E-state index contributed by atoms with van der Waals surface area (Å²) in [4.78, 5) is 25.1. The third-order valence-corrected chi connectivity index (χ3v) is 3.98. The molecule has 1 aromatic heterocycles. The van der Waals surface area contributed by atoms with Crippen molar-refractivity contribution in [3.63, 3.8) is 0 Å². The Bertz CT molecular complexity index is 444. The van der Waals surface area contributed by atoms with Crippen LogP contribution in [0.1, 0.15) is 42.4 Å². The van der Waals surface area contributed by atoms with Crippen molar-refractivity contribution < 1.29 is 4.79 Å². The second-order valence-electron chi connectivity index (χ2n) is 5.58. The van der Waals surface area contributed by atoms with Gasteiger partial charge in [0.1, 0.15) is 5.82 Å². The lowest BCUT2D eigenvalue weighted by Crippen LogP contribution is -2.34. The van der Waals surface area contributed by atoms with Gasteiger partial charge >= 0.3 is 0 Å². The molecule has 1 aliphatic heterocycles. The highest BCUT2D eigenvalue weighted by atomic mass is 16.2. The van der Waals surface area contributed by atoms with Gasteiger partial charge in [-0.1, -0.05) is 6.92 Å². The maximum atomic E-state index is 12.5. The molecule has 110 valence electrons. The number of likely N-dealkylation sites (tertiary alicyclic amines) is 1. The smallest absolute Gasteiger partial charge is 0.256 e. The Balaban J connectivity index is 2.01. The van der Waals surface area contributed by atoms with Crippen molar-refractivity contribution in [2.75, 3.05) is 27.2 Å². The van der Waals surface area contributed by atoms with Gasteiger partial charge in [-0.2, -0.15) is 0 Å². The van der Waals surface area contributed by atoms with E-state index < -0.39 is 0 Å². The Morgan fingerprint density at radius 3 is 2.60 bits per heavy atom. The number of carbonyl (C=O) groups excluding carboxylic acids is 1. The maximum absolute atomic E-state index is 12.5. The van der Waals surface area contributed by atoms with E-state index in [2.05, 4.69) is 29.0 Å². The molecule has 1 atom stereocenters. The third kappa shape index (κ3) is 3.54. The topological polar surface area (TPSA) is 49.3 Å². The minimum absolute atomic E-state index is 0.0621. The zero-order chi connectivity index (χ0) is 14.5. The van der Waals surface area contributed by atoms with Crippen molar-refractivity contribution >= 4 is 5.91 Å². The van der Waals surface area contributed by atoms with Crippen LogP contribution in [-0.4, -0.2) is 58.9 Å². The van der Waals surface area contributed by atoms with E-state index in [1.54, 1.807) is 12.4 Å². The minimum Gasteiger partial charge on any atom is -0.338 e. The second-order valence-corrected chi connectivity index (χ2v) is 5.58. The molecule has 0 radical (unpaired) electrons. The van der Waals surface area contributed by atoms with Crippen LogP contribution in [0.5, 0.6) is 0 Å². The fourth-order valence-corrected chi connectivity index (χ4v) is 2.63. The molecule has 0 bridgehead atoms.